The Bertz CT molecular complexity index is 3070. The highest BCUT2D eigenvalue weighted by molar-refractivity contribution is 6.12. The average Bonchev–Trinajstić information content (AvgIpc) is 3.59. The van der Waals surface area contributed by atoms with Gasteiger partial charge in [-0.15, -0.1) is 0 Å². The molecule has 5 nitrogen and oxygen atoms in total. The van der Waals surface area contributed by atoms with Crippen LogP contribution in [0.4, 0.5) is 0 Å². The van der Waals surface area contributed by atoms with Crippen molar-refractivity contribution in [2.24, 2.45) is 0 Å². The van der Waals surface area contributed by atoms with Gasteiger partial charge in [0, 0.05) is 45.4 Å². The fourth-order valence-electron chi connectivity index (χ4n) is 9.42. The first-order chi connectivity index (χ1) is 29.7. The van der Waals surface area contributed by atoms with Gasteiger partial charge in [-0.2, -0.15) is 0 Å². The van der Waals surface area contributed by atoms with Gasteiger partial charge in [0.25, 0.3) is 0 Å². The molecule has 0 radical (unpaired) electrons. The quantitative estimate of drug-likeness (QED) is 0.161. The van der Waals surface area contributed by atoms with Crippen molar-refractivity contribution in [1.82, 2.24) is 24.5 Å². The third-order valence-corrected chi connectivity index (χ3v) is 11.9. The fraction of sp³-hybridized carbons (Fsp3) is 0.107. The molecule has 0 fully saturated rings. The number of hydrogen-bond acceptors (Lipinski definition) is 4. The molecule has 0 bridgehead atoms. The van der Waals surface area contributed by atoms with Crippen molar-refractivity contribution in [1.29, 1.82) is 0 Å². The van der Waals surface area contributed by atoms with Crippen molar-refractivity contribution >= 4 is 21.8 Å². The largest absolute Gasteiger partial charge is 0.308 e. The van der Waals surface area contributed by atoms with E-state index < -0.39 is 0 Å². The van der Waals surface area contributed by atoms with E-state index in [0.717, 1.165) is 44.5 Å². The van der Waals surface area contributed by atoms with Crippen LogP contribution in [0.15, 0.2) is 164 Å². The molecule has 0 atom stereocenters. The molecule has 0 unspecified atom stereocenters. The van der Waals surface area contributed by atoms with Gasteiger partial charge < -0.3 is 4.57 Å². The van der Waals surface area contributed by atoms with Crippen molar-refractivity contribution in [2.45, 2.75) is 41.5 Å². The number of fused-ring (bicyclic) bond motifs is 3. The van der Waals surface area contributed by atoms with Crippen LogP contribution in [0.1, 0.15) is 33.4 Å². The van der Waals surface area contributed by atoms with Gasteiger partial charge in [-0.05, 0) is 134 Å². The Morgan fingerprint density at radius 2 is 0.836 bits per heavy atom. The van der Waals surface area contributed by atoms with E-state index in [1.165, 1.54) is 66.4 Å². The molecular formula is C56H45N5. The first-order valence-electron chi connectivity index (χ1n) is 20.9. The van der Waals surface area contributed by atoms with Gasteiger partial charge in [0.1, 0.15) is 0 Å². The minimum atomic E-state index is 0.591. The number of aromatic nitrogens is 5. The van der Waals surface area contributed by atoms with Crippen LogP contribution in [0.2, 0.25) is 0 Å². The Labute approximate surface area is 357 Å². The summed E-state index contributed by atoms with van der Waals surface area (Å²) in [7, 11) is 0. The number of nitrogens with zero attached hydrogens (tertiary/aromatic N) is 5. The number of pyridine rings is 1. The molecular weight excluding hydrogens is 743 g/mol. The molecule has 294 valence electrons. The number of aryl methyl sites for hydroxylation is 6. The van der Waals surface area contributed by atoms with E-state index in [9.17, 15) is 0 Å². The summed E-state index contributed by atoms with van der Waals surface area (Å²) in [4.78, 5) is 20.1. The van der Waals surface area contributed by atoms with E-state index in [1.54, 1.807) is 0 Å². The first kappa shape index (κ1) is 37.7. The van der Waals surface area contributed by atoms with Gasteiger partial charge >= 0.3 is 0 Å². The first-order valence-corrected chi connectivity index (χ1v) is 20.9. The lowest BCUT2D eigenvalue weighted by Gasteiger charge is -2.17. The zero-order chi connectivity index (χ0) is 41.8. The number of benzene rings is 7. The normalized spacial score (nSPS) is 11.4. The van der Waals surface area contributed by atoms with Gasteiger partial charge in [-0.25, -0.2) is 15.0 Å². The van der Waals surface area contributed by atoms with Crippen molar-refractivity contribution in [3.63, 3.8) is 0 Å². The summed E-state index contributed by atoms with van der Waals surface area (Å²) in [6.07, 6.45) is 3.72. The minimum absolute atomic E-state index is 0.591. The van der Waals surface area contributed by atoms with Gasteiger partial charge in [0.2, 0.25) is 0 Å². The SMILES string of the molecule is Cc1cc(C)c(-c2ccc3c(c2)c2cc(-c4c(C)cc(C)cc4C)ccc2n3-c2ccc(-c3cccnc3)cc2-c2nc(-c3ccccc3)nc(-c3ccccc3)n2)c(C)c1. The van der Waals surface area contributed by atoms with Crippen LogP contribution in [0.5, 0.6) is 0 Å². The Morgan fingerprint density at radius 1 is 0.377 bits per heavy atom. The Kier molecular flexibility index (Phi) is 9.45. The van der Waals surface area contributed by atoms with Gasteiger partial charge in [-0.1, -0.05) is 120 Å². The molecule has 5 heteroatoms. The van der Waals surface area contributed by atoms with E-state index in [1.807, 2.05) is 54.9 Å². The van der Waals surface area contributed by atoms with Crippen molar-refractivity contribution in [2.75, 3.05) is 0 Å². The molecule has 0 saturated heterocycles. The van der Waals surface area contributed by atoms with Crippen molar-refractivity contribution < 1.29 is 0 Å². The molecule has 0 amide bonds. The maximum Gasteiger partial charge on any atom is 0.166 e. The van der Waals surface area contributed by atoms with Gasteiger partial charge in [0.05, 0.1) is 16.7 Å². The molecule has 0 saturated carbocycles. The van der Waals surface area contributed by atoms with E-state index in [0.29, 0.717) is 17.5 Å². The lowest BCUT2D eigenvalue weighted by molar-refractivity contribution is 1.06. The topological polar surface area (TPSA) is 56.5 Å². The van der Waals surface area contributed by atoms with E-state index in [4.69, 9.17) is 15.0 Å². The summed E-state index contributed by atoms with van der Waals surface area (Å²) < 4.78 is 2.40. The molecule has 0 N–H and O–H groups in total. The molecule has 10 aromatic rings. The highest BCUT2D eigenvalue weighted by Crippen LogP contribution is 2.42. The second-order valence-corrected chi connectivity index (χ2v) is 16.4. The molecule has 7 aromatic carbocycles. The maximum atomic E-state index is 5.27. The van der Waals surface area contributed by atoms with E-state index in [-0.39, 0.29) is 0 Å². The summed E-state index contributed by atoms with van der Waals surface area (Å²) in [5.74, 6) is 1.83. The summed E-state index contributed by atoms with van der Waals surface area (Å²) in [6, 6.07) is 54.1. The van der Waals surface area contributed by atoms with Crippen LogP contribution in [0, 0.1) is 41.5 Å². The Hall–Kier alpha value is -7.50. The van der Waals surface area contributed by atoms with Crippen molar-refractivity contribution in [3.8, 4) is 73.2 Å². The average molecular weight is 788 g/mol. The molecule has 0 aliphatic carbocycles. The van der Waals surface area contributed by atoms with E-state index >= 15 is 0 Å². The summed E-state index contributed by atoms with van der Waals surface area (Å²) >= 11 is 0. The second kappa shape index (κ2) is 15.3. The smallest absolute Gasteiger partial charge is 0.166 e. The number of rotatable bonds is 7. The zero-order valence-corrected chi connectivity index (χ0v) is 35.3. The van der Waals surface area contributed by atoms with Gasteiger partial charge in [-0.3, -0.25) is 4.98 Å². The molecule has 0 aliphatic rings. The van der Waals surface area contributed by atoms with Crippen LogP contribution in [-0.4, -0.2) is 24.5 Å². The summed E-state index contributed by atoms with van der Waals surface area (Å²) in [6.45, 7) is 13.2. The minimum Gasteiger partial charge on any atom is -0.308 e. The molecule has 10 rings (SSSR count). The highest BCUT2D eigenvalue weighted by Gasteiger charge is 2.22. The molecule has 3 aromatic heterocycles. The third kappa shape index (κ3) is 6.88. The monoisotopic (exact) mass is 787 g/mol. The zero-order valence-electron chi connectivity index (χ0n) is 35.3. The molecule has 0 aliphatic heterocycles. The molecule has 61 heavy (non-hydrogen) atoms. The lowest BCUT2D eigenvalue weighted by Crippen LogP contribution is -2.04. The highest BCUT2D eigenvalue weighted by atomic mass is 15.1. The van der Waals surface area contributed by atoms with Crippen LogP contribution in [-0.2, 0) is 0 Å². The summed E-state index contributed by atoms with van der Waals surface area (Å²) in [5, 5.41) is 2.37. The molecule has 0 spiro atoms. The summed E-state index contributed by atoms with van der Waals surface area (Å²) in [5.41, 5.74) is 20.6. The Balaban J connectivity index is 1.29. The van der Waals surface area contributed by atoms with Crippen LogP contribution >= 0.6 is 0 Å². The predicted molar refractivity (Wildman–Crippen MR) is 253 cm³/mol. The maximum absolute atomic E-state index is 5.27. The Morgan fingerprint density at radius 3 is 1.31 bits per heavy atom. The van der Waals surface area contributed by atoms with Crippen LogP contribution in [0.3, 0.4) is 0 Å². The van der Waals surface area contributed by atoms with Gasteiger partial charge in [0.15, 0.2) is 17.5 Å². The predicted octanol–water partition coefficient (Wildman–Crippen LogP) is 14.2. The van der Waals surface area contributed by atoms with Crippen molar-refractivity contribution in [3.05, 3.63) is 197 Å². The standard InChI is InChI=1S/C56H45N5/c1-34-26-36(3)52(37(4)27-34)43-20-23-49-46(31-43)47-32-44(53-38(5)28-35(2)29-39(53)6)21-24-50(47)61(49)51-22-19-42(45-18-13-25-57-33-45)30-48(51)56-59-54(40-14-9-7-10-15-40)58-55(60-56)41-16-11-8-12-17-41/h7-33H,1-6H3. The van der Waals surface area contributed by atoms with Crippen LogP contribution in [0.25, 0.3) is 95.0 Å². The fourth-order valence-corrected chi connectivity index (χ4v) is 9.42. The van der Waals surface area contributed by atoms with Crippen LogP contribution < -0.4 is 0 Å². The van der Waals surface area contributed by atoms with E-state index in [2.05, 4.69) is 160 Å². The third-order valence-electron chi connectivity index (χ3n) is 11.9. The second-order valence-electron chi connectivity index (χ2n) is 16.4. The lowest BCUT2D eigenvalue weighted by atomic mass is 9.91. The number of hydrogen-bond donors (Lipinski definition) is 0. The molecule has 3 heterocycles.